The average Bonchev–Trinajstić information content (AvgIpc) is 2.40. The predicted molar refractivity (Wildman–Crippen MR) is 83.1 cm³/mol. The van der Waals surface area contributed by atoms with Crippen LogP contribution in [0.1, 0.15) is 45.6 Å². The molecule has 0 spiro atoms. The number of hydrogen-bond acceptors (Lipinski definition) is 3. The van der Waals surface area contributed by atoms with Gasteiger partial charge in [-0.1, -0.05) is 39.0 Å². The second kappa shape index (κ2) is 6.14. The number of aliphatic hydroxyl groups is 1. The summed E-state index contributed by atoms with van der Waals surface area (Å²) >= 11 is 0. The molecule has 1 fully saturated rings. The van der Waals surface area contributed by atoms with E-state index in [4.69, 9.17) is 0 Å². The number of hydrogen-bond donors (Lipinski definition) is 1. The van der Waals surface area contributed by atoms with Crippen LogP contribution in [0.2, 0.25) is 0 Å². The van der Waals surface area contributed by atoms with E-state index in [1.54, 1.807) is 12.1 Å². The van der Waals surface area contributed by atoms with E-state index in [0.29, 0.717) is 12.3 Å². The third-order valence-electron chi connectivity index (χ3n) is 4.84. The van der Waals surface area contributed by atoms with Crippen molar-refractivity contribution in [2.75, 3.05) is 0 Å². The molecule has 21 heavy (non-hydrogen) atoms. The van der Waals surface area contributed by atoms with Crippen LogP contribution < -0.4 is 0 Å². The van der Waals surface area contributed by atoms with Crippen LogP contribution in [0.3, 0.4) is 0 Å². The monoisotopic (exact) mass is 291 g/mol. The molecule has 116 valence electrons. The van der Waals surface area contributed by atoms with E-state index in [1.807, 2.05) is 12.1 Å². The summed E-state index contributed by atoms with van der Waals surface area (Å²) < 4.78 is 0. The number of aliphatic hydroxyl groups excluding tert-OH is 1. The Hall–Kier alpha value is -1.42. The van der Waals surface area contributed by atoms with Gasteiger partial charge in [0.25, 0.3) is 5.69 Å². The number of para-hydroxylation sites is 1. The largest absolute Gasteiger partial charge is 0.393 e. The van der Waals surface area contributed by atoms with Crippen LogP contribution in [0.25, 0.3) is 0 Å². The molecule has 4 heteroatoms. The van der Waals surface area contributed by atoms with Crippen molar-refractivity contribution in [3.05, 3.63) is 39.9 Å². The van der Waals surface area contributed by atoms with Crippen molar-refractivity contribution in [3.8, 4) is 0 Å². The zero-order valence-corrected chi connectivity index (χ0v) is 13.1. The Balaban J connectivity index is 2.16. The lowest BCUT2D eigenvalue weighted by Crippen LogP contribution is -2.35. The quantitative estimate of drug-likeness (QED) is 0.677. The first-order valence-electron chi connectivity index (χ1n) is 7.69. The van der Waals surface area contributed by atoms with Crippen molar-refractivity contribution in [1.82, 2.24) is 0 Å². The molecule has 0 saturated heterocycles. The molecule has 1 saturated carbocycles. The maximum atomic E-state index is 11.1. The Kier molecular flexibility index (Phi) is 4.67. The predicted octanol–water partition coefficient (Wildman–Crippen LogP) is 3.96. The van der Waals surface area contributed by atoms with Crippen molar-refractivity contribution in [2.24, 2.45) is 17.3 Å². The second-order valence-corrected chi connectivity index (χ2v) is 7.29. The van der Waals surface area contributed by atoms with Gasteiger partial charge in [-0.2, -0.15) is 0 Å². The molecule has 2 rings (SSSR count). The van der Waals surface area contributed by atoms with Crippen LogP contribution in [0.5, 0.6) is 0 Å². The van der Waals surface area contributed by atoms with Crippen LogP contribution in [-0.4, -0.2) is 16.1 Å². The molecular weight excluding hydrogens is 266 g/mol. The lowest BCUT2D eigenvalue weighted by Gasteiger charge is -2.40. The SMILES string of the molecule is CC(C)(C)C1CCC(O)C(Cc2ccccc2[N+](=O)[O-])C1. The second-order valence-electron chi connectivity index (χ2n) is 7.29. The Morgan fingerprint density at radius 2 is 1.95 bits per heavy atom. The normalized spacial score (nSPS) is 26.6. The fourth-order valence-corrected chi connectivity index (χ4v) is 3.40. The van der Waals surface area contributed by atoms with Crippen molar-refractivity contribution < 1.29 is 10.0 Å². The van der Waals surface area contributed by atoms with Crippen LogP contribution in [-0.2, 0) is 6.42 Å². The third kappa shape index (κ3) is 3.82. The fraction of sp³-hybridized carbons (Fsp3) is 0.647. The van der Waals surface area contributed by atoms with Crippen LogP contribution in [0.4, 0.5) is 5.69 Å². The minimum absolute atomic E-state index is 0.115. The summed E-state index contributed by atoms with van der Waals surface area (Å²) in [5, 5.41) is 21.4. The number of nitro benzene ring substituents is 1. The molecule has 0 heterocycles. The topological polar surface area (TPSA) is 63.4 Å². The van der Waals surface area contributed by atoms with Gasteiger partial charge in [-0.05, 0) is 42.9 Å². The molecule has 0 bridgehead atoms. The summed E-state index contributed by atoms with van der Waals surface area (Å²) in [6.07, 6.45) is 3.02. The molecule has 0 aliphatic heterocycles. The van der Waals surface area contributed by atoms with E-state index in [1.165, 1.54) is 0 Å². The molecule has 0 aromatic heterocycles. The first-order valence-corrected chi connectivity index (χ1v) is 7.69. The fourth-order valence-electron chi connectivity index (χ4n) is 3.40. The Bertz CT molecular complexity index is 507. The number of nitro groups is 1. The highest BCUT2D eigenvalue weighted by Gasteiger charge is 2.35. The third-order valence-corrected chi connectivity index (χ3v) is 4.84. The van der Waals surface area contributed by atoms with Crippen LogP contribution in [0.15, 0.2) is 24.3 Å². The van der Waals surface area contributed by atoms with Crippen molar-refractivity contribution in [3.63, 3.8) is 0 Å². The molecule has 1 aromatic rings. The van der Waals surface area contributed by atoms with E-state index in [9.17, 15) is 15.2 Å². The molecule has 1 N–H and O–H groups in total. The van der Waals surface area contributed by atoms with Gasteiger partial charge >= 0.3 is 0 Å². The number of rotatable bonds is 3. The van der Waals surface area contributed by atoms with Gasteiger partial charge in [-0.25, -0.2) is 0 Å². The van der Waals surface area contributed by atoms with Crippen molar-refractivity contribution >= 4 is 5.69 Å². The Morgan fingerprint density at radius 1 is 1.29 bits per heavy atom. The summed E-state index contributed by atoms with van der Waals surface area (Å²) in [5.74, 6) is 0.678. The van der Waals surface area contributed by atoms with E-state index >= 15 is 0 Å². The zero-order chi connectivity index (χ0) is 15.6. The molecule has 0 radical (unpaired) electrons. The highest BCUT2D eigenvalue weighted by Crippen LogP contribution is 2.41. The van der Waals surface area contributed by atoms with Crippen molar-refractivity contribution in [1.29, 1.82) is 0 Å². The first kappa shape index (κ1) is 16.0. The molecule has 1 aromatic carbocycles. The number of nitrogens with zero attached hydrogens (tertiary/aromatic N) is 1. The van der Waals surface area contributed by atoms with Gasteiger partial charge in [-0.3, -0.25) is 10.1 Å². The highest BCUT2D eigenvalue weighted by atomic mass is 16.6. The van der Waals surface area contributed by atoms with E-state index in [2.05, 4.69) is 20.8 Å². The number of benzene rings is 1. The van der Waals surface area contributed by atoms with Gasteiger partial charge in [0.2, 0.25) is 0 Å². The molecule has 4 nitrogen and oxygen atoms in total. The minimum atomic E-state index is -0.344. The molecular formula is C17H25NO3. The minimum Gasteiger partial charge on any atom is -0.393 e. The van der Waals surface area contributed by atoms with E-state index in [-0.39, 0.29) is 28.0 Å². The van der Waals surface area contributed by atoms with E-state index in [0.717, 1.165) is 24.8 Å². The standard InChI is InChI=1S/C17H25NO3/c1-17(2,3)14-8-9-16(19)13(11-14)10-12-6-4-5-7-15(12)18(20)21/h4-7,13-14,16,19H,8-11H2,1-3H3. The van der Waals surface area contributed by atoms with Crippen molar-refractivity contribution in [2.45, 2.75) is 52.6 Å². The smallest absolute Gasteiger partial charge is 0.272 e. The van der Waals surface area contributed by atoms with E-state index < -0.39 is 0 Å². The lowest BCUT2D eigenvalue weighted by molar-refractivity contribution is -0.385. The van der Waals surface area contributed by atoms with Gasteiger partial charge < -0.3 is 5.11 Å². The average molecular weight is 291 g/mol. The maximum absolute atomic E-state index is 11.1. The Labute approximate surface area is 126 Å². The lowest BCUT2D eigenvalue weighted by atomic mass is 9.67. The molecule has 1 aliphatic rings. The molecule has 3 unspecified atom stereocenters. The molecule has 3 atom stereocenters. The summed E-state index contributed by atoms with van der Waals surface area (Å²) in [4.78, 5) is 10.8. The molecule has 0 amide bonds. The summed E-state index contributed by atoms with van der Waals surface area (Å²) in [6.45, 7) is 6.70. The van der Waals surface area contributed by atoms with Gasteiger partial charge in [0.1, 0.15) is 0 Å². The Morgan fingerprint density at radius 3 is 2.57 bits per heavy atom. The maximum Gasteiger partial charge on any atom is 0.272 e. The summed E-state index contributed by atoms with van der Waals surface area (Å²) in [6, 6.07) is 6.88. The summed E-state index contributed by atoms with van der Waals surface area (Å²) in [5.41, 5.74) is 1.13. The molecule has 1 aliphatic carbocycles. The zero-order valence-electron chi connectivity index (χ0n) is 13.1. The highest BCUT2D eigenvalue weighted by molar-refractivity contribution is 5.40. The van der Waals surface area contributed by atoms with Crippen LogP contribution >= 0.6 is 0 Å². The van der Waals surface area contributed by atoms with Gasteiger partial charge in [-0.15, -0.1) is 0 Å². The van der Waals surface area contributed by atoms with Gasteiger partial charge in [0, 0.05) is 11.6 Å². The van der Waals surface area contributed by atoms with Crippen LogP contribution in [0, 0.1) is 27.4 Å². The summed E-state index contributed by atoms with van der Waals surface area (Å²) in [7, 11) is 0. The first-order chi connectivity index (χ1) is 9.79. The van der Waals surface area contributed by atoms with Gasteiger partial charge in [0.05, 0.1) is 11.0 Å². The van der Waals surface area contributed by atoms with Gasteiger partial charge in [0.15, 0.2) is 0 Å².